The summed E-state index contributed by atoms with van der Waals surface area (Å²) in [5, 5.41) is 0. The lowest BCUT2D eigenvalue weighted by molar-refractivity contribution is 0.745. The van der Waals surface area contributed by atoms with Gasteiger partial charge in [0.2, 0.25) is 0 Å². The highest BCUT2D eigenvalue weighted by atomic mass is 15.2. The zero-order valence-electron chi connectivity index (χ0n) is 46.0. The third-order valence-electron chi connectivity index (χ3n) is 16.1. The minimum Gasteiger partial charge on any atom is -0.310 e. The molecule has 0 spiro atoms. The second kappa shape index (κ2) is 20.6. The van der Waals surface area contributed by atoms with Crippen molar-refractivity contribution in [2.45, 2.75) is 88.5 Å². The van der Waals surface area contributed by atoms with Crippen LogP contribution in [0, 0.1) is 83.1 Å². The molecule has 0 bridgehead atoms. The molecule has 10 aromatic rings. The standard InChI is InChI=1S/C73H70N2/c1-47-37-55(9)69(41-51(47)5)74(70-42-52(6)48(2)38-56(70)10)67-27-19-21-61(45-67)59-29-33-65(34-30-59)73(63-23-15-13-16-24-63,64-25-17-14-18-26-64)66-35-31-60(32-36-66)62-22-20-28-68(46-62)75(71-43-53(7)49(3)39-57(71)11)72-44-54(8)50(4)40-58(72)12/h13-46H,1-12H3. The van der Waals surface area contributed by atoms with Crippen LogP contribution in [0.25, 0.3) is 22.3 Å². The molecule has 0 N–H and O–H groups in total. The number of nitrogens with zero attached hydrogens (tertiary/aromatic N) is 2. The fourth-order valence-electron chi connectivity index (χ4n) is 11.4. The molecule has 372 valence electrons. The van der Waals surface area contributed by atoms with E-state index in [2.05, 4.69) is 299 Å². The molecule has 0 atom stereocenters. The highest BCUT2D eigenvalue weighted by Crippen LogP contribution is 2.48. The van der Waals surface area contributed by atoms with Gasteiger partial charge < -0.3 is 9.80 Å². The lowest BCUT2D eigenvalue weighted by Crippen LogP contribution is -2.31. The number of hydrogen-bond donors (Lipinski definition) is 0. The van der Waals surface area contributed by atoms with E-state index in [0.717, 1.165) is 11.4 Å². The van der Waals surface area contributed by atoms with Crippen molar-refractivity contribution in [2.24, 2.45) is 0 Å². The van der Waals surface area contributed by atoms with Crippen molar-refractivity contribution in [3.63, 3.8) is 0 Å². The van der Waals surface area contributed by atoms with Gasteiger partial charge >= 0.3 is 0 Å². The molecule has 0 aliphatic heterocycles. The Bertz CT molecular complexity index is 3350. The van der Waals surface area contributed by atoms with Gasteiger partial charge in [-0.1, -0.05) is 158 Å². The molecule has 0 radical (unpaired) electrons. The van der Waals surface area contributed by atoms with E-state index in [-0.39, 0.29) is 0 Å². The van der Waals surface area contributed by atoms with Gasteiger partial charge in [0.05, 0.1) is 5.41 Å². The Labute approximate surface area is 447 Å². The maximum Gasteiger partial charge on any atom is 0.0701 e. The van der Waals surface area contributed by atoms with E-state index >= 15 is 0 Å². The molecule has 0 aliphatic carbocycles. The van der Waals surface area contributed by atoms with Crippen molar-refractivity contribution in [3.8, 4) is 22.3 Å². The van der Waals surface area contributed by atoms with Gasteiger partial charge in [-0.05, 0) is 243 Å². The molecule has 2 nitrogen and oxygen atoms in total. The Morgan fingerprint density at radius 2 is 0.480 bits per heavy atom. The number of hydrogen-bond acceptors (Lipinski definition) is 2. The summed E-state index contributed by atoms with van der Waals surface area (Å²) < 4.78 is 0. The average Bonchev–Trinajstić information content (AvgIpc) is 3.42. The molecular formula is C73H70N2. The highest BCUT2D eigenvalue weighted by molar-refractivity contribution is 5.85. The first-order valence-electron chi connectivity index (χ1n) is 26.6. The first kappa shape index (κ1) is 50.3. The van der Waals surface area contributed by atoms with E-state index in [1.807, 2.05) is 0 Å². The van der Waals surface area contributed by atoms with Crippen LogP contribution in [0.15, 0.2) is 206 Å². The van der Waals surface area contributed by atoms with E-state index in [1.54, 1.807) is 0 Å². The van der Waals surface area contributed by atoms with Gasteiger partial charge in [0, 0.05) is 34.1 Å². The largest absolute Gasteiger partial charge is 0.310 e. The van der Waals surface area contributed by atoms with Crippen molar-refractivity contribution in [1.82, 2.24) is 0 Å². The maximum absolute atomic E-state index is 2.46. The van der Waals surface area contributed by atoms with E-state index in [4.69, 9.17) is 0 Å². The molecule has 0 amide bonds. The number of benzene rings is 10. The summed E-state index contributed by atoms with van der Waals surface area (Å²) in [4.78, 5) is 4.93. The minimum atomic E-state index is -0.611. The van der Waals surface area contributed by atoms with Crippen molar-refractivity contribution in [1.29, 1.82) is 0 Å². The van der Waals surface area contributed by atoms with Crippen molar-refractivity contribution in [3.05, 3.63) is 295 Å². The second-order valence-corrected chi connectivity index (χ2v) is 21.3. The first-order chi connectivity index (χ1) is 36.1. The average molecular weight is 975 g/mol. The smallest absolute Gasteiger partial charge is 0.0701 e. The fraction of sp³-hybridized carbons (Fsp3) is 0.178. The van der Waals surface area contributed by atoms with E-state index < -0.39 is 5.41 Å². The SMILES string of the molecule is Cc1cc(C)c(N(c2cccc(-c3ccc(C(c4ccccc4)(c4ccccc4)c4ccc(-c5cccc(N(c6cc(C)c(C)cc6C)c6cc(C)c(C)cc6C)c5)cc4)cc3)c2)c2cc(C)c(C)cc2C)cc1C. The van der Waals surface area contributed by atoms with Gasteiger partial charge in [-0.15, -0.1) is 0 Å². The molecule has 0 fully saturated rings. The van der Waals surface area contributed by atoms with E-state index in [0.29, 0.717) is 0 Å². The molecular weight excluding hydrogens is 905 g/mol. The molecule has 10 aromatic carbocycles. The molecule has 0 saturated carbocycles. The number of rotatable bonds is 12. The third-order valence-corrected chi connectivity index (χ3v) is 16.1. The van der Waals surface area contributed by atoms with Crippen LogP contribution in [0.5, 0.6) is 0 Å². The third kappa shape index (κ3) is 9.51. The Morgan fingerprint density at radius 3 is 0.773 bits per heavy atom. The van der Waals surface area contributed by atoms with Crippen LogP contribution in [0.1, 0.15) is 89.0 Å². The number of aryl methyl sites for hydroxylation is 12. The van der Waals surface area contributed by atoms with Crippen molar-refractivity contribution >= 4 is 34.1 Å². The predicted octanol–water partition coefficient (Wildman–Crippen LogP) is 20.0. The summed E-state index contributed by atoms with van der Waals surface area (Å²) in [5.41, 5.74) is 31.4. The van der Waals surface area contributed by atoms with E-state index in [9.17, 15) is 0 Å². The molecule has 0 heterocycles. The van der Waals surface area contributed by atoms with Crippen molar-refractivity contribution < 1.29 is 0 Å². The summed E-state index contributed by atoms with van der Waals surface area (Å²) >= 11 is 0. The summed E-state index contributed by atoms with van der Waals surface area (Å²) in [6.07, 6.45) is 0. The molecule has 10 rings (SSSR count). The van der Waals surface area contributed by atoms with Crippen LogP contribution < -0.4 is 9.80 Å². The Kier molecular flexibility index (Phi) is 13.8. The second-order valence-electron chi connectivity index (χ2n) is 21.3. The van der Waals surface area contributed by atoms with Gasteiger partial charge in [0.15, 0.2) is 0 Å². The van der Waals surface area contributed by atoms with Gasteiger partial charge in [-0.2, -0.15) is 0 Å². The molecule has 0 aromatic heterocycles. The lowest BCUT2D eigenvalue weighted by atomic mass is 9.65. The van der Waals surface area contributed by atoms with Crippen LogP contribution in [0.4, 0.5) is 34.1 Å². The lowest BCUT2D eigenvalue weighted by Gasteiger charge is -2.37. The Morgan fingerprint density at radius 1 is 0.213 bits per heavy atom. The van der Waals surface area contributed by atoms with Crippen molar-refractivity contribution in [2.75, 3.05) is 9.80 Å². The number of anilines is 6. The maximum atomic E-state index is 2.46. The monoisotopic (exact) mass is 975 g/mol. The van der Waals surface area contributed by atoms with Crippen LogP contribution in [0.2, 0.25) is 0 Å². The molecule has 0 saturated heterocycles. The normalized spacial score (nSPS) is 11.5. The summed E-state index contributed by atoms with van der Waals surface area (Å²) in [5.74, 6) is 0. The molecule has 0 aliphatic rings. The van der Waals surface area contributed by atoms with Gasteiger partial charge in [0.25, 0.3) is 0 Å². The summed E-state index contributed by atoms with van der Waals surface area (Å²) in [6.45, 7) is 26.6. The Balaban J connectivity index is 1.07. The zero-order chi connectivity index (χ0) is 52.7. The van der Waals surface area contributed by atoms with Crippen LogP contribution in [-0.2, 0) is 5.41 Å². The molecule has 75 heavy (non-hydrogen) atoms. The quantitative estimate of drug-likeness (QED) is 0.113. The van der Waals surface area contributed by atoms with Crippen LogP contribution >= 0.6 is 0 Å². The summed E-state index contributed by atoms with van der Waals surface area (Å²) in [7, 11) is 0. The topological polar surface area (TPSA) is 6.48 Å². The molecule has 2 heteroatoms. The Hall–Kier alpha value is -8.20. The highest BCUT2D eigenvalue weighted by Gasteiger charge is 2.38. The first-order valence-corrected chi connectivity index (χ1v) is 26.6. The van der Waals surface area contributed by atoms with Crippen LogP contribution in [-0.4, -0.2) is 0 Å². The van der Waals surface area contributed by atoms with E-state index in [1.165, 1.54) is 134 Å². The van der Waals surface area contributed by atoms with Gasteiger partial charge in [-0.25, -0.2) is 0 Å². The predicted molar refractivity (Wildman–Crippen MR) is 322 cm³/mol. The molecule has 0 unspecified atom stereocenters. The zero-order valence-corrected chi connectivity index (χ0v) is 46.0. The summed E-state index contributed by atoms with van der Waals surface area (Å²) in [6, 6.07) is 77.7. The fourth-order valence-corrected chi connectivity index (χ4v) is 11.4. The van der Waals surface area contributed by atoms with Gasteiger partial charge in [-0.3, -0.25) is 0 Å². The van der Waals surface area contributed by atoms with Crippen LogP contribution in [0.3, 0.4) is 0 Å². The minimum absolute atomic E-state index is 0.611. The van der Waals surface area contributed by atoms with Gasteiger partial charge in [0.1, 0.15) is 0 Å².